The normalized spacial score (nSPS) is 19.3. The highest BCUT2D eigenvalue weighted by molar-refractivity contribution is 5.92. The van der Waals surface area contributed by atoms with Crippen molar-refractivity contribution in [1.29, 1.82) is 0 Å². The summed E-state index contributed by atoms with van der Waals surface area (Å²) in [5.41, 5.74) is 2.40. The first-order valence-corrected chi connectivity index (χ1v) is 9.98. The molecule has 2 aromatic rings. The molecule has 1 amide bonds. The zero-order valence-electron chi connectivity index (χ0n) is 16.0. The highest BCUT2D eigenvalue weighted by atomic mass is 16.2. The number of hydrogen-bond donors (Lipinski definition) is 1. The molecule has 1 fully saturated rings. The lowest BCUT2D eigenvalue weighted by molar-refractivity contribution is 0.0917. The fourth-order valence-electron chi connectivity index (χ4n) is 4.12. The second kappa shape index (κ2) is 7.50. The minimum absolute atomic E-state index is 0.160. The van der Waals surface area contributed by atoms with Crippen LogP contribution in [0.2, 0.25) is 0 Å². The number of carbonyl (C=O) groups is 1. The van der Waals surface area contributed by atoms with Gasteiger partial charge in [0.1, 0.15) is 5.82 Å². The fraction of sp³-hybridized carbons (Fsp3) is 0.273. The van der Waals surface area contributed by atoms with Gasteiger partial charge in [-0.25, -0.2) is 9.67 Å². The number of amides is 1. The molecule has 3 aliphatic rings. The van der Waals surface area contributed by atoms with Gasteiger partial charge in [0.05, 0.1) is 11.9 Å². The molecule has 1 saturated carbocycles. The molecule has 1 aromatic carbocycles. The number of benzene rings is 1. The van der Waals surface area contributed by atoms with Gasteiger partial charge in [0.2, 0.25) is 0 Å². The third kappa shape index (κ3) is 3.51. The maximum absolute atomic E-state index is 12.6. The third-order valence-electron chi connectivity index (χ3n) is 5.65. The van der Waals surface area contributed by atoms with E-state index in [0.717, 1.165) is 37.2 Å². The van der Waals surface area contributed by atoms with Gasteiger partial charge in [0.15, 0.2) is 5.69 Å². The number of aromatic nitrogens is 5. The summed E-state index contributed by atoms with van der Waals surface area (Å²) in [6, 6.07) is 16.4. The first kappa shape index (κ1) is 17.6. The van der Waals surface area contributed by atoms with E-state index in [9.17, 15) is 4.79 Å². The average molecular weight is 386 g/mol. The zero-order chi connectivity index (χ0) is 19.6. The van der Waals surface area contributed by atoms with E-state index in [1.165, 1.54) is 5.56 Å². The molecule has 0 saturated heterocycles. The molecule has 0 unspecified atom stereocenters. The van der Waals surface area contributed by atoms with Crippen LogP contribution in [0.1, 0.15) is 42.2 Å². The van der Waals surface area contributed by atoms with E-state index in [1.807, 2.05) is 42.6 Å². The van der Waals surface area contributed by atoms with Crippen LogP contribution in [0.3, 0.4) is 0 Å². The number of pyridine rings is 1. The van der Waals surface area contributed by atoms with Crippen LogP contribution in [0.15, 0.2) is 67.1 Å². The van der Waals surface area contributed by atoms with Crippen molar-refractivity contribution >= 4 is 5.91 Å². The number of carbonyl (C=O) groups excluding carboxylic acids is 1. The zero-order valence-corrected chi connectivity index (χ0v) is 16.0. The predicted octanol–water partition coefficient (Wildman–Crippen LogP) is 3.48. The Morgan fingerprint density at radius 3 is 2.66 bits per heavy atom. The van der Waals surface area contributed by atoms with Gasteiger partial charge >= 0.3 is 0 Å². The Labute approximate surface area is 168 Å². The van der Waals surface area contributed by atoms with Gasteiger partial charge in [-0.05, 0) is 56.0 Å². The summed E-state index contributed by atoms with van der Waals surface area (Å²) < 4.78 is 3.90. The Morgan fingerprint density at radius 1 is 1.00 bits per heavy atom. The van der Waals surface area contributed by atoms with E-state index in [-0.39, 0.29) is 11.9 Å². The van der Waals surface area contributed by atoms with E-state index in [0.29, 0.717) is 11.7 Å². The van der Waals surface area contributed by atoms with Gasteiger partial charge in [-0.3, -0.25) is 4.79 Å². The molecule has 7 heteroatoms. The predicted molar refractivity (Wildman–Crippen MR) is 109 cm³/mol. The molecule has 1 N–H and O–H groups in total. The largest absolute Gasteiger partial charge is 0.348 e. The number of nitrogens with zero attached hydrogens (tertiary/aromatic N) is 5. The summed E-state index contributed by atoms with van der Waals surface area (Å²) in [7, 11) is 0. The van der Waals surface area contributed by atoms with Crippen molar-refractivity contribution in [2.75, 3.05) is 0 Å². The lowest BCUT2D eigenvalue weighted by Gasteiger charge is -2.31. The topological polar surface area (TPSA) is 77.6 Å². The molecule has 3 heterocycles. The Balaban J connectivity index is 1.21. The quantitative estimate of drug-likeness (QED) is 0.582. The second-order valence-corrected chi connectivity index (χ2v) is 7.50. The van der Waals surface area contributed by atoms with Crippen LogP contribution in [0.4, 0.5) is 0 Å². The summed E-state index contributed by atoms with van der Waals surface area (Å²) in [5, 5.41) is 11.2. The maximum Gasteiger partial charge on any atom is 0.273 e. The maximum atomic E-state index is 12.6. The molecule has 1 aromatic heterocycles. The van der Waals surface area contributed by atoms with Gasteiger partial charge in [0, 0.05) is 30.0 Å². The van der Waals surface area contributed by atoms with Gasteiger partial charge in [-0.1, -0.05) is 23.4 Å². The fourth-order valence-corrected chi connectivity index (χ4v) is 4.12. The van der Waals surface area contributed by atoms with Crippen molar-refractivity contribution in [3.8, 4) is 17.1 Å². The standard InChI is InChI=1S/C22H22N6O/c29-22(20-15-28(26-25-20)19-6-2-1-3-7-19)24-17-8-10-18(11-9-17)27-14-4-5-16-12-13-23-21(16)27/h1-7,12-15,17-18H,8-11H2,(H,24,29). The van der Waals surface area contributed by atoms with Crippen LogP contribution in [0.25, 0.3) is 17.1 Å². The van der Waals surface area contributed by atoms with E-state index in [4.69, 9.17) is 0 Å². The van der Waals surface area contributed by atoms with Crippen LogP contribution in [0, 0.1) is 0 Å². The molecule has 0 atom stereocenters. The van der Waals surface area contributed by atoms with E-state index < -0.39 is 0 Å². The first-order chi connectivity index (χ1) is 14.3. The minimum atomic E-state index is -0.164. The molecule has 29 heavy (non-hydrogen) atoms. The van der Waals surface area contributed by atoms with Crippen LogP contribution in [0.5, 0.6) is 0 Å². The third-order valence-corrected chi connectivity index (χ3v) is 5.65. The first-order valence-electron chi connectivity index (χ1n) is 9.98. The molecule has 5 rings (SSSR count). The summed E-state index contributed by atoms with van der Waals surface area (Å²) in [6.45, 7) is 0. The minimum Gasteiger partial charge on any atom is -0.348 e. The number of hydrogen-bond acceptors (Lipinski definition) is 4. The molecule has 0 radical (unpaired) electrons. The number of fused-ring (bicyclic) bond motifs is 1. The number of nitrogens with one attached hydrogen (secondary N) is 1. The molecular formula is C22H22N6O. The summed E-state index contributed by atoms with van der Waals surface area (Å²) in [5.74, 6) is 0.876. The molecule has 0 bridgehead atoms. The lowest BCUT2D eigenvalue weighted by atomic mass is 9.90. The molecular weight excluding hydrogens is 364 g/mol. The second-order valence-electron chi connectivity index (χ2n) is 7.50. The molecule has 7 nitrogen and oxygen atoms in total. The van der Waals surface area contributed by atoms with Crippen molar-refractivity contribution in [2.24, 2.45) is 0 Å². The van der Waals surface area contributed by atoms with Crippen LogP contribution in [-0.4, -0.2) is 36.5 Å². The van der Waals surface area contributed by atoms with E-state index >= 15 is 0 Å². The Bertz CT molecular complexity index is 1080. The highest BCUT2D eigenvalue weighted by Crippen LogP contribution is 2.32. The summed E-state index contributed by atoms with van der Waals surface area (Å²) >= 11 is 0. The molecule has 146 valence electrons. The monoisotopic (exact) mass is 386 g/mol. The van der Waals surface area contributed by atoms with E-state index in [2.05, 4.69) is 43.5 Å². The summed E-state index contributed by atoms with van der Waals surface area (Å²) in [4.78, 5) is 17.1. The van der Waals surface area contributed by atoms with Crippen LogP contribution >= 0.6 is 0 Å². The number of para-hydroxylation sites is 1. The van der Waals surface area contributed by atoms with Gasteiger partial charge in [0.25, 0.3) is 5.91 Å². The average Bonchev–Trinajstić information content (AvgIpc) is 3.45. The van der Waals surface area contributed by atoms with Crippen molar-refractivity contribution in [1.82, 2.24) is 29.9 Å². The van der Waals surface area contributed by atoms with Gasteiger partial charge in [-0.15, -0.1) is 5.10 Å². The molecule has 1 aliphatic carbocycles. The smallest absolute Gasteiger partial charge is 0.273 e. The Morgan fingerprint density at radius 2 is 1.83 bits per heavy atom. The van der Waals surface area contributed by atoms with Gasteiger partial charge < -0.3 is 9.88 Å². The van der Waals surface area contributed by atoms with Crippen molar-refractivity contribution in [3.63, 3.8) is 0 Å². The number of rotatable bonds is 4. The van der Waals surface area contributed by atoms with Gasteiger partial charge in [-0.2, -0.15) is 0 Å². The van der Waals surface area contributed by atoms with Crippen molar-refractivity contribution in [3.05, 3.63) is 72.8 Å². The molecule has 2 aliphatic heterocycles. The Kier molecular flexibility index (Phi) is 4.56. The molecule has 0 spiro atoms. The highest BCUT2D eigenvalue weighted by Gasteiger charge is 2.26. The SMILES string of the molecule is O=C(NC1CCC(n2cccc3ccnc2-3)CC1)c1cn(-c2ccccc2)nn1. The van der Waals surface area contributed by atoms with Crippen molar-refractivity contribution < 1.29 is 4.79 Å². The van der Waals surface area contributed by atoms with Crippen LogP contribution < -0.4 is 5.32 Å². The lowest BCUT2D eigenvalue weighted by Crippen LogP contribution is -2.38. The summed E-state index contributed by atoms with van der Waals surface area (Å²) in [6.07, 6.45) is 9.54. The van der Waals surface area contributed by atoms with Crippen molar-refractivity contribution in [2.45, 2.75) is 37.8 Å². The van der Waals surface area contributed by atoms with Crippen LogP contribution in [-0.2, 0) is 0 Å². The van der Waals surface area contributed by atoms with E-state index in [1.54, 1.807) is 10.9 Å². The Hall–Kier alpha value is -3.48.